The van der Waals surface area contributed by atoms with E-state index >= 15 is 0 Å². The lowest BCUT2D eigenvalue weighted by Crippen LogP contribution is -2.43. The number of phenolic OH excluding ortho intramolecular Hbond substituents is 1. The monoisotopic (exact) mass is 516 g/mol. The minimum atomic E-state index is -0.0438. The summed E-state index contributed by atoms with van der Waals surface area (Å²) in [6, 6.07) is 16.0. The second-order valence-electron chi connectivity index (χ2n) is 13.2. The summed E-state index contributed by atoms with van der Waals surface area (Å²) in [6.07, 6.45) is 12.4. The Labute approximate surface area is 225 Å². The lowest BCUT2D eigenvalue weighted by molar-refractivity contribution is 0.0645. The summed E-state index contributed by atoms with van der Waals surface area (Å²) in [6.45, 7) is 9.77. The molecule has 2 saturated carbocycles. The second-order valence-corrected chi connectivity index (χ2v) is 15.4. The van der Waals surface area contributed by atoms with Crippen molar-refractivity contribution in [1.82, 2.24) is 0 Å². The smallest absolute Gasteiger partial charge is 0.123 e. The molecule has 2 fully saturated rings. The van der Waals surface area contributed by atoms with Crippen molar-refractivity contribution in [2.24, 2.45) is 10.8 Å². The van der Waals surface area contributed by atoms with Gasteiger partial charge in [0.15, 0.2) is 0 Å². The molecule has 1 N–H and O–H groups in total. The molecule has 0 saturated heterocycles. The predicted octanol–water partition coefficient (Wildman–Crippen LogP) is 10.2. The Bertz CT molecular complexity index is 1310. The van der Waals surface area contributed by atoms with E-state index in [1.54, 1.807) is 0 Å². The molecule has 0 bridgehead atoms. The van der Waals surface area contributed by atoms with Crippen LogP contribution in [-0.2, 0) is 5.41 Å². The third kappa shape index (κ3) is 4.00. The van der Waals surface area contributed by atoms with E-state index in [0.717, 1.165) is 18.2 Å². The molecular formula is C33H40OS2. The van der Waals surface area contributed by atoms with Gasteiger partial charge in [0, 0.05) is 25.8 Å². The molecule has 0 amide bonds. The van der Waals surface area contributed by atoms with Crippen molar-refractivity contribution in [3.63, 3.8) is 0 Å². The lowest BCUT2D eigenvalue weighted by Gasteiger charge is -2.51. The van der Waals surface area contributed by atoms with Gasteiger partial charge in [-0.2, -0.15) is 0 Å². The van der Waals surface area contributed by atoms with Crippen molar-refractivity contribution in [1.29, 1.82) is 0 Å². The van der Waals surface area contributed by atoms with Crippen LogP contribution in [-0.4, -0.2) is 16.6 Å². The first-order valence-corrected chi connectivity index (χ1v) is 15.9. The highest BCUT2D eigenvalue weighted by atomic mass is 32.2. The van der Waals surface area contributed by atoms with Crippen LogP contribution in [0.1, 0.15) is 90.2 Å². The standard InChI is InChI=1S/C33H40OS2/c1-31(2)18-32(3,4)20-33(19-31)25-14-10-9-13-22(25)30-24-16-28(35-5)29(36-21-11-7-6-8-12-21)15-23(24)27(34)17-26(30)33/h9-10,13-17,21,34H,6-8,11-12,18-20H2,1-5H3. The molecule has 6 rings (SSSR count). The van der Waals surface area contributed by atoms with Gasteiger partial charge >= 0.3 is 0 Å². The zero-order chi connectivity index (χ0) is 25.3. The number of hydrogen-bond acceptors (Lipinski definition) is 3. The number of fused-ring (bicyclic) bond motifs is 7. The van der Waals surface area contributed by atoms with E-state index in [2.05, 4.69) is 76.4 Å². The minimum Gasteiger partial charge on any atom is -0.507 e. The van der Waals surface area contributed by atoms with Crippen molar-refractivity contribution >= 4 is 34.3 Å². The second kappa shape index (κ2) is 8.73. The van der Waals surface area contributed by atoms with Crippen LogP contribution in [0.25, 0.3) is 21.9 Å². The quantitative estimate of drug-likeness (QED) is 0.350. The van der Waals surface area contributed by atoms with Crippen molar-refractivity contribution in [3.8, 4) is 16.9 Å². The van der Waals surface area contributed by atoms with Gasteiger partial charge in [-0.05, 0) is 95.0 Å². The fourth-order valence-electron chi connectivity index (χ4n) is 8.45. The number of phenols is 1. The van der Waals surface area contributed by atoms with Gasteiger partial charge in [0.2, 0.25) is 0 Å². The van der Waals surface area contributed by atoms with Gasteiger partial charge in [0.1, 0.15) is 5.75 Å². The van der Waals surface area contributed by atoms with Crippen LogP contribution in [0.15, 0.2) is 52.3 Å². The molecular weight excluding hydrogens is 476 g/mol. The molecule has 0 aromatic heterocycles. The van der Waals surface area contributed by atoms with Crippen LogP contribution in [0.2, 0.25) is 0 Å². The fraction of sp³-hybridized carbons (Fsp3) is 0.515. The van der Waals surface area contributed by atoms with Gasteiger partial charge in [0.05, 0.1) is 0 Å². The highest BCUT2D eigenvalue weighted by molar-refractivity contribution is 8.02. The van der Waals surface area contributed by atoms with Gasteiger partial charge in [-0.15, -0.1) is 23.5 Å². The predicted molar refractivity (Wildman–Crippen MR) is 158 cm³/mol. The van der Waals surface area contributed by atoms with Gasteiger partial charge in [0.25, 0.3) is 0 Å². The highest BCUT2D eigenvalue weighted by Crippen LogP contribution is 2.65. The molecule has 3 aromatic carbocycles. The zero-order valence-corrected chi connectivity index (χ0v) is 24.2. The fourth-order valence-corrected chi connectivity index (χ4v) is 10.6. The Hall–Kier alpha value is -1.58. The maximum Gasteiger partial charge on any atom is 0.123 e. The molecule has 1 nitrogen and oxygen atoms in total. The van der Waals surface area contributed by atoms with E-state index in [0.29, 0.717) is 11.0 Å². The van der Waals surface area contributed by atoms with E-state index in [4.69, 9.17) is 0 Å². The van der Waals surface area contributed by atoms with Gasteiger partial charge in [-0.3, -0.25) is 0 Å². The molecule has 3 aromatic rings. The minimum absolute atomic E-state index is 0.0438. The highest BCUT2D eigenvalue weighted by Gasteiger charge is 2.53. The number of aromatic hydroxyl groups is 1. The summed E-state index contributed by atoms with van der Waals surface area (Å²) in [7, 11) is 0. The van der Waals surface area contributed by atoms with Crippen LogP contribution in [0, 0.1) is 10.8 Å². The van der Waals surface area contributed by atoms with Crippen molar-refractivity contribution in [2.75, 3.05) is 6.26 Å². The topological polar surface area (TPSA) is 20.2 Å². The van der Waals surface area contributed by atoms with Crippen LogP contribution >= 0.6 is 23.5 Å². The van der Waals surface area contributed by atoms with E-state index in [9.17, 15) is 5.11 Å². The Balaban J connectivity index is 1.58. The average molecular weight is 517 g/mol. The number of rotatable bonds is 3. The first kappa shape index (κ1) is 24.7. The molecule has 0 heterocycles. The SMILES string of the molecule is CSc1cc2c3c(cc(O)c2cc1SC1CCCCC1)C1(CC(C)(C)CC(C)(C)C1)c1ccccc1-3. The Morgan fingerprint density at radius 3 is 2.14 bits per heavy atom. The summed E-state index contributed by atoms with van der Waals surface area (Å²) in [5.74, 6) is 0.454. The molecule has 3 heteroatoms. The van der Waals surface area contributed by atoms with Gasteiger partial charge < -0.3 is 5.11 Å². The third-order valence-electron chi connectivity index (χ3n) is 8.99. The summed E-state index contributed by atoms with van der Waals surface area (Å²) in [4.78, 5) is 2.70. The summed E-state index contributed by atoms with van der Waals surface area (Å²) < 4.78 is 0. The maximum absolute atomic E-state index is 11.6. The largest absolute Gasteiger partial charge is 0.507 e. The van der Waals surface area contributed by atoms with Crippen LogP contribution in [0.4, 0.5) is 0 Å². The van der Waals surface area contributed by atoms with E-state index in [-0.39, 0.29) is 16.2 Å². The molecule has 0 radical (unpaired) electrons. The first-order valence-electron chi connectivity index (χ1n) is 13.8. The number of benzene rings is 3. The molecule has 36 heavy (non-hydrogen) atoms. The molecule has 0 aliphatic heterocycles. The maximum atomic E-state index is 11.6. The molecule has 3 aliphatic carbocycles. The summed E-state index contributed by atoms with van der Waals surface area (Å²) in [5, 5.41) is 14.5. The van der Waals surface area contributed by atoms with E-state index < -0.39 is 0 Å². The molecule has 0 atom stereocenters. The Kier molecular flexibility index (Phi) is 6.00. The van der Waals surface area contributed by atoms with Crippen molar-refractivity contribution in [3.05, 3.63) is 53.6 Å². The van der Waals surface area contributed by atoms with Crippen molar-refractivity contribution in [2.45, 2.75) is 99.5 Å². The van der Waals surface area contributed by atoms with E-state index in [1.807, 2.05) is 23.5 Å². The van der Waals surface area contributed by atoms with Crippen LogP contribution < -0.4 is 0 Å². The first-order chi connectivity index (χ1) is 17.1. The Morgan fingerprint density at radius 2 is 1.44 bits per heavy atom. The van der Waals surface area contributed by atoms with Gasteiger partial charge in [-0.25, -0.2) is 0 Å². The van der Waals surface area contributed by atoms with E-state index in [1.165, 1.54) is 76.0 Å². The number of thioether (sulfide) groups is 2. The van der Waals surface area contributed by atoms with Gasteiger partial charge in [-0.1, -0.05) is 71.2 Å². The molecule has 1 spiro atoms. The molecule has 3 aliphatic rings. The normalized spacial score (nSPS) is 22.0. The molecule has 0 unspecified atom stereocenters. The lowest BCUT2D eigenvalue weighted by atomic mass is 9.52. The summed E-state index contributed by atoms with van der Waals surface area (Å²) in [5.41, 5.74) is 6.02. The zero-order valence-electron chi connectivity index (χ0n) is 22.5. The van der Waals surface area contributed by atoms with Crippen LogP contribution in [0.5, 0.6) is 5.75 Å². The summed E-state index contributed by atoms with van der Waals surface area (Å²) >= 11 is 3.90. The average Bonchev–Trinajstić information content (AvgIpc) is 3.06. The third-order valence-corrected chi connectivity index (χ3v) is 11.3. The number of hydrogen-bond donors (Lipinski definition) is 1. The Morgan fingerprint density at radius 1 is 0.778 bits per heavy atom. The van der Waals surface area contributed by atoms with Crippen LogP contribution in [0.3, 0.4) is 0 Å². The van der Waals surface area contributed by atoms with Crippen molar-refractivity contribution < 1.29 is 5.11 Å². The molecule has 190 valence electrons.